The molecule has 0 aliphatic heterocycles. The van der Waals surface area contributed by atoms with Crippen molar-refractivity contribution >= 4 is 10.0 Å². The van der Waals surface area contributed by atoms with Gasteiger partial charge >= 0.3 is 0 Å². The Labute approximate surface area is 99.9 Å². The first kappa shape index (κ1) is 14.1. The van der Waals surface area contributed by atoms with Crippen molar-refractivity contribution in [2.24, 2.45) is 5.92 Å². The van der Waals surface area contributed by atoms with Crippen molar-refractivity contribution in [2.75, 3.05) is 6.54 Å². The van der Waals surface area contributed by atoms with Gasteiger partial charge in [0.15, 0.2) is 0 Å². The fourth-order valence-corrected chi connectivity index (χ4v) is 2.34. The number of sulfonamides is 1. The first-order chi connectivity index (χ1) is 7.81. The van der Waals surface area contributed by atoms with Gasteiger partial charge in [0, 0.05) is 12.6 Å². The largest absolute Gasteiger partial charge is 0.240 e. The van der Waals surface area contributed by atoms with Crippen molar-refractivity contribution in [1.29, 1.82) is 0 Å². The lowest BCUT2D eigenvalue weighted by molar-refractivity contribution is 0.545. The monoisotopic (exact) mass is 263 g/mol. The fourth-order valence-electron chi connectivity index (χ4n) is 1.25. The highest BCUT2D eigenvalue weighted by Crippen LogP contribution is 2.13. The molecule has 0 aliphatic rings. The molecule has 0 aliphatic carbocycles. The molecular weight excluding hydrogens is 248 g/mol. The van der Waals surface area contributed by atoms with Gasteiger partial charge < -0.3 is 0 Å². The smallest absolute Gasteiger partial charge is 0.211 e. The molecule has 1 aromatic carbocycles. The number of nitrogens with one attached hydrogen (secondary N) is 1. The van der Waals surface area contributed by atoms with Gasteiger partial charge in [-0.1, -0.05) is 13.8 Å². The number of hydrogen-bond donors (Lipinski definition) is 1. The Morgan fingerprint density at radius 3 is 2.18 bits per heavy atom. The first-order valence-corrected chi connectivity index (χ1v) is 6.75. The van der Waals surface area contributed by atoms with Crippen LogP contribution in [0, 0.1) is 17.6 Å². The summed E-state index contributed by atoms with van der Waals surface area (Å²) in [5.41, 5.74) is 0. The van der Waals surface area contributed by atoms with Crippen LogP contribution in [0.3, 0.4) is 0 Å². The van der Waals surface area contributed by atoms with E-state index in [-0.39, 0.29) is 6.54 Å². The second-order valence-corrected chi connectivity index (χ2v) is 5.95. The van der Waals surface area contributed by atoms with Crippen LogP contribution in [0.25, 0.3) is 0 Å². The minimum Gasteiger partial charge on any atom is -0.211 e. The maximum atomic E-state index is 12.9. The van der Waals surface area contributed by atoms with E-state index >= 15 is 0 Å². The normalized spacial score (nSPS) is 12.1. The van der Waals surface area contributed by atoms with E-state index in [1.165, 1.54) is 0 Å². The summed E-state index contributed by atoms with van der Waals surface area (Å²) in [6.07, 6.45) is 0.664. The van der Waals surface area contributed by atoms with Crippen LogP contribution < -0.4 is 4.72 Å². The van der Waals surface area contributed by atoms with Crippen LogP contribution in [0.5, 0.6) is 0 Å². The molecule has 1 N–H and O–H groups in total. The van der Waals surface area contributed by atoms with Gasteiger partial charge in [-0.25, -0.2) is 21.9 Å². The topological polar surface area (TPSA) is 46.2 Å². The maximum Gasteiger partial charge on any atom is 0.240 e. The molecular formula is C11H15F2NO2S. The third kappa shape index (κ3) is 4.40. The zero-order valence-corrected chi connectivity index (χ0v) is 10.5. The van der Waals surface area contributed by atoms with Crippen LogP contribution in [-0.2, 0) is 10.0 Å². The summed E-state index contributed by atoms with van der Waals surface area (Å²) in [4.78, 5) is -0.390. The molecule has 0 bridgehead atoms. The molecule has 1 rings (SSSR count). The van der Waals surface area contributed by atoms with Crippen LogP contribution in [0.2, 0.25) is 0 Å². The molecule has 0 aromatic heterocycles. The summed E-state index contributed by atoms with van der Waals surface area (Å²) in [6.45, 7) is 4.16. The predicted octanol–water partition coefficient (Wildman–Crippen LogP) is 2.29. The summed E-state index contributed by atoms with van der Waals surface area (Å²) < 4.78 is 51.4. The van der Waals surface area contributed by atoms with Crippen molar-refractivity contribution in [3.8, 4) is 0 Å². The van der Waals surface area contributed by atoms with Crippen molar-refractivity contribution in [3.63, 3.8) is 0 Å². The molecule has 0 amide bonds. The molecule has 0 saturated heterocycles. The third-order valence-electron chi connectivity index (χ3n) is 2.16. The molecule has 0 heterocycles. The molecule has 0 unspecified atom stereocenters. The van der Waals surface area contributed by atoms with E-state index in [0.717, 1.165) is 12.1 Å². The Balaban J connectivity index is 2.82. The van der Waals surface area contributed by atoms with E-state index in [4.69, 9.17) is 0 Å². The zero-order chi connectivity index (χ0) is 13.1. The Hall–Kier alpha value is -1.01. The van der Waals surface area contributed by atoms with Crippen LogP contribution >= 0.6 is 0 Å². The zero-order valence-electron chi connectivity index (χ0n) is 9.70. The summed E-state index contributed by atoms with van der Waals surface area (Å²) in [5.74, 6) is -1.47. The standard InChI is InChI=1S/C11H15F2NO2S/c1-8(2)3-4-14-17(15,16)11-6-9(12)5-10(13)7-11/h5-8,14H,3-4H2,1-2H3. The molecule has 0 radical (unpaired) electrons. The molecule has 0 fully saturated rings. The lowest BCUT2D eigenvalue weighted by Gasteiger charge is -2.08. The minimum absolute atomic E-state index is 0.248. The van der Waals surface area contributed by atoms with Gasteiger partial charge in [-0.15, -0.1) is 0 Å². The minimum atomic E-state index is -3.83. The van der Waals surface area contributed by atoms with Crippen molar-refractivity contribution in [1.82, 2.24) is 4.72 Å². The Morgan fingerprint density at radius 2 is 1.71 bits per heavy atom. The average Bonchev–Trinajstić information content (AvgIpc) is 2.14. The summed E-state index contributed by atoms with van der Waals surface area (Å²) >= 11 is 0. The maximum absolute atomic E-state index is 12.9. The second kappa shape index (κ2) is 5.55. The van der Waals surface area contributed by atoms with Gasteiger partial charge in [0.2, 0.25) is 10.0 Å². The van der Waals surface area contributed by atoms with Gasteiger partial charge in [0.05, 0.1) is 4.90 Å². The molecule has 96 valence electrons. The van der Waals surface area contributed by atoms with E-state index < -0.39 is 26.6 Å². The number of hydrogen-bond acceptors (Lipinski definition) is 2. The van der Waals surface area contributed by atoms with Crippen molar-refractivity contribution in [2.45, 2.75) is 25.2 Å². The van der Waals surface area contributed by atoms with Gasteiger partial charge in [-0.05, 0) is 24.5 Å². The van der Waals surface area contributed by atoms with Gasteiger partial charge in [-0.2, -0.15) is 0 Å². The van der Waals surface area contributed by atoms with Crippen molar-refractivity contribution < 1.29 is 17.2 Å². The van der Waals surface area contributed by atoms with Crippen LogP contribution in [0.1, 0.15) is 20.3 Å². The lowest BCUT2D eigenvalue weighted by Crippen LogP contribution is -2.25. The second-order valence-electron chi connectivity index (χ2n) is 4.19. The first-order valence-electron chi connectivity index (χ1n) is 5.27. The molecule has 0 spiro atoms. The Bertz CT molecular complexity index is 466. The van der Waals surface area contributed by atoms with E-state index in [2.05, 4.69) is 4.72 Å². The summed E-state index contributed by atoms with van der Waals surface area (Å²) in [7, 11) is -3.83. The van der Waals surface area contributed by atoms with Crippen LogP contribution in [0.4, 0.5) is 8.78 Å². The van der Waals surface area contributed by atoms with Gasteiger partial charge in [0.25, 0.3) is 0 Å². The SMILES string of the molecule is CC(C)CCNS(=O)(=O)c1cc(F)cc(F)c1. The van der Waals surface area contributed by atoms with E-state index in [0.29, 0.717) is 18.4 Å². The molecule has 17 heavy (non-hydrogen) atoms. The van der Waals surface area contributed by atoms with Crippen LogP contribution in [-0.4, -0.2) is 15.0 Å². The highest BCUT2D eigenvalue weighted by molar-refractivity contribution is 7.89. The average molecular weight is 263 g/mol. The number of benzene rings is 1. The third-order valence-corrected chi connectivity index (χ3v) is 3.60. The fraction of sp³-hybridized carbons (Fsp3) is 0.455. The highest BCUT2D eigenvalue weighted by atomic mass is 32.2. The molecule has 6 heteroatoms. The van der Waals surface area contributed by atoms with E-state index in [9.17, 15) is 17.2 Å². The van der Waals surface area contributed by atoms with Gasteiger partial charge in [-0.3, -0.25) is 0 Å². The Morgan fingerprint density at radius 1 is 1.18 bits per heavy atom. The number of halogens is 2. The van der Waals surface area contributed by atoms with Crippen molar-refractivity contribution in [3.05, 3.63) is 29.8 Å². The summed E-state index contributed by atoms with van der Waals surface area (Å²) in [5, 5.41) is 0. The predicted molar refractivity (Wildman–Crippen MR) is 61.0 cm³/mol. The van der Waals surface area contributed by atoms with Gasteiger partial charge in [0.1, 0.15) is 11.6 Å². The molecule has 3 nitrogen and oxygen atoms in total. The number of rotatable bonds is 5. The van der Waals surface area contributed by atoms with E-state index in [1.807, 2.05) is 13.8 Å². The molecule has 0 saturated carbocycles. The molecule has 0 atom stereocenters. The van der Waals surface area contributed by atoms with Crippen LogP contribution in [0.15, 0.2) is 23.1 Å². The Kier molecular flexibility index (Phi) is 4.59. The highest BCUT2D eigenvalue weighted by Gasteiger charge is 2.15. The lowest BCUT2D eigenvalue weighted by atomic mass is 10.1. The summed E-state index contributed by atoms with van der Waals surface area (Å²) in [6, 6.07) is 2.22. The quantitative estimate of drug-likeness (QED) is 0.886. The van der Waals surface area contributed by atoms with E-state index in [1.54, 1.807) is 0 Å². The molecule has 1 aromatic rings.